The molecule has 1 heterocycles. The number of anilines is 2. The normalized spacial score (nSPS) is 17.0. The highest BCUT2D eigenvalue weighted by Gasteiger charge is 2.45. The third-order valence-electron chi connectivity index (χ3n) is 5.81. The number of ether oxygens (including phenoxy) is 2. The van der Waals surface area contributed by atoms with E-state index in [-0.39, 0.29) is 18.1 Å². The standard InChI is InChI=1S/C23H26F2N2O3/c1-29-19-12-15-14-27(17-7-5-16(24)6-8-17)11-3-4-18(15)22(30-2)21(19)26-20(28)13-23(25)9-10-23/h5-8,12H,3-4,9-11,13-14H2,1-2H3,(H,26,28). The molecule has 1 N–H and O–H groups in total. The largest absolute Gasteiger partial charge is 0.494 e. The topological polar surface area (TPSA) is 50.8 Å². The van der Waals surface area contributed by atoms with Gasteiger partial charge in [-0.2, -0.15) is 0 Å². The van der Waals surface area contributed by atoms with E-state index in [2.05, 4.69) is 10.2 Å². The molecule has 30 heavy (non-hydrogen) atoms. The van der Waals surface area contributed by atoms with E-state index in [4.69, 9.17) is 9.47 Å². The first-order valence-corrected chi connectivity index (χ1v) is 10.2. The number of benzene rings is 2. The molecule has 160 valence electrons. The SMILES string of the molecule is COc1cc2c(c(OC)c1NC(=O)CC1(F)CC1)CCCN(c1ccc(F)cc1)C2. The van der Waals surface area contributed by atoms with Gasteiger partial charge in [0.05, 0.1) is 20.6 Å². The number of hydrogen-bond acceptors (Lipinski definition) is 4. The maximum absolute atomic E-state index is 14.0. The third-order valence-corrected chi connectivity index (χ3v) is 5.81. The highest BCUT2D eigenvalue weighted by atomic mass is 19.1. The monoisotopic (exact) mass is 416 g/mol. The van der Waals surface area contributed by atoms with Crippen LogP contribution >= 0.6 is 0 Å². The number of rotatable bonds is 6. The summed E-state index contributed by atoms with van der Waals surface area (Å²) in [7, 11) is 3.09. The fraction of sp³-hybridized carbons (Fsp3) is 0.435. The lowest BCUT2D eigenvalue weighted by molar-refractivity contribution is -0.117. The summed E-state index contributed by atoms with van der Waals surface area (Å²) in [5.41, 5.74) is 2.04. The Balaban J connectivity index is 1.65. The Morgan fingerprint density at radius 2 is 1.93 bits per heavy atom. The van der Waals surface area contributed by atoms with Gasteiger partial charge in [-0.3, -0.25) is 4.79 Å². The predicted octanol–water partition coefficient (Wildman–Crippen LogP) is 4.63. The van der Waals surface area contributed by atoms with Gasteiger partial charge in [-0.05, 0) is 61.6 Å². The molecule has 5 nitrogen and oxygen atoms in total. The number of nitrogens with zero attached hydrogens (tertiary/aromatic N) is 1. The van der Waals surface area contributed by atoms with Crippen LogP contribution in [0.25, 0.3) is 0 Å². The molecule has 1 aliphatic heterocycles. The van der Waals surface area contributed by atoms with Crippen molar-refractivity contribution >= 4 is 17.3 Å². The summed E-state index contributed by atoms with van der Waals surface area (Å²) in [4.78, 5) is 14.6. The Morgan fingerprint density at radius 3 is 2.57 bits per heavy atom. The second-order valence-electron chi connectivity index (χ2n) is 8.00. The number of nitrogens with one attached hydrogen (secondary N) is 1. The van der Waals surface area contributed by atoms with Crippen molar-refractivity contribution in [2.75, 3.05) is 31.0 Å². The number of fused-ring (bicyclic) bond motifs is 1. The number of methoxy groups -OCH3 is 2. The second kappa shape index (κ2) is 8.13. The minimum absolute atomic E-state index is 0.158. The van der Waals surface area contributed by atoms with Gasteiger partial charge in [0.15, 0.2) is 0 Å². The molecule has 1 aliphatic carbocycles. The molecule has 1 fully saturated rings. The molecular weight excluding hydrogens is 390 g/mol. The van der Waals surface area contributed by atoms with Crippen molar-refractivity contribution in [1.29, 1.82) is 0 Å². The Morgan fingerprint density at radius 1 is 1.20 bits per heavy atom. The molecule has 7 heteroatoms. The van der Waals surface area contributed by atoms with E-state index in [1.807, 2.05) is 6.07 Å². The van der Waals surface area contributed by atoms with Crippen LogP contribution in [0.4, 0.5) is 20.2 Å². The molecule has 0 radical (unpaired) electrons. The summed E-state index contributed by atoms with van der Waals surface area (Å²) < 4.78 is 38.6. The van der Waals surface area contributed by atoms with Crippen molar-refractivity contribution in [3.05, 3.63) is 47.3 Å². The number of carbonyl (C=O) groups excluding carboxylic acids is 1. The lowest BCUT2D eigenvalue weighted by atomic mass is 10.0. The van der Waals surface area contributed by atoms with Crippen LogP contribution in [0.1, 0.15) is 36.8 Å². The van der Waals surface area contributed by atoms with E-state index in [1.54, 1.807) is 19.2 Å². The maximum atomic E-state index is 14.0. The van der Waals surface area contributed by atoms with E-state index in [1.165, 1.54) is 19.2 Å². The number of hydrogen-bond donors (Lipinski definition) is 1. The van der Waals surface area contributed by atoms with Gasteiger partial charge >= 0.3 is 0 Å². The van der Waals surface area contributed by atoms with Gasteiger partial charge < -0.3 is 19.7 Å². The Hall–Kier alpha value is -2.83. The molecule has 2 aromatic carbocycles. The van der Waals surface area contributed by atoms with Gasteiger partial charge in [0.2, 0.25) is 5.91 Å². The van der Waals surface area contributed by atoms with Gasteiger partial charge in [-0.25, -0.2) is 8.78 Å². The quantitative estimate of drug-likeness (QED) is 0.746. The zero-order chi connectivity index (χ0) is 21.3. The van der Waals surface area contributed by atoms with Crippen LogP contribution in [0, 0.1) is 5.82 Å². The van der Waals surface area contributed by atoms with Crippen molar-refractivity contribution in [3.63, 3.8) is 0 Å². The van der Waals surface area contributed by atoms with Crippen LogP contribution in [-0.4, -0.2) is 32.3 Å². The molecule has 1 amide bonds. The predicted molar refractivity (Wildman–Crippen MR) is 112 cm³/mol. The van der Waals surface area contributed by atoms with E-state index >= 15 is 0 Å². The Bertz CT molecular complexity index is 942. The van der Waals surface area contributed by atoms with Crippen molar-refractivity contribution < 1.29 is 23.0 Å². The van der Waals surface area contributed by atoms with Crippen molar-refractivity contribution in [3.8, 4) is 11.5 Å². The summed E-state index contributed by atoms with van der Waals surface area (Å²) in [6.07, 6.45) is 2.33. The molecule has 0 atom stereocenters. The van der Waals surface area contributed by atoms with Gasteiger partial charge in [-0.1, -0.05) is 0 Å². The average Bonchev–Trinajstić information content (AvgIpc) is 3.48. The molecule has 0 aromatic heterocycles. The zero-order valence-electron chi connectivity index (χ0n) is 17.3. The van der Waals surface area contributed by atoms with Crippen molar-refractivity contribution in [1.82, 2.24) is 0 Å². The van der Waals surface area contributed by atoms with E-state index in [0.717, 1.165) is 36.2 Å². The molecule has 0 spiro atoms. The fourth-order valence-electron chi connectivity index (χ4n) is 4.03. The van der Waals surface area contributed by atoms with Gasteiger partial charge in [0.25, 0.3) is 0 Å². The first kappa shape index (κ1) is 20.4. The summed E-state index contributed by atoms with van der Waals surface area (Å²) >= 11 is 0. The van der Waals surface area contributed by atoms with Crippen LogP contribution in [-0.2, 0) is 17.8 Å². The van der Waals surface area contributed by atoms with Crippen molar-refractivity contribution in [2.24, 2.45) is 0 Å². The second-order valence-corrected chi connectivity index (χ2v) is 8.00. The number of alkyl halides is 1. The Labute approximate surface area is 175 Å². The van der Waals surface area contributed by atoms with E-state index in [0.29, 0.717) is 36.6 Å². The molecular formula is C23H26F2N2O3. The minimum Gasteiger partial charge on any atom is -0.494 e. The van der Waals surface area contributed by atoms with Crippen LogP contribution < -0.4 is 19.7 Å². The summed E-state index contributed by atoms with van der Waals surface area (Å²) in [6.45, 7) is 1.41. The summed E-state index contributed by atoms with van der Waals surface area (Å²) in [6, 6.07) is 8.36. The van der Waals surface area contributed by atoms with Crippen molar-refractivity contribution in [2.45, 2.75) is 44.3 Å². The van der Waals surface area contributed by atoms with Crippen LogP contribution in [0.5, 0.6) is 11.5 Å². The van der Waals surface area contributed by atoms with Gasteiger partial charge in [-0.15, -0.1) is 0 Å². The lowest BCUT2D eigenvalue weighted by Gasteiger charge is -2.24. The van der Waals surface area contributed by atoms with Crippen LogP contribution in [0.15, 0.2) is 30.3 Å². The summed E-state index contributed by atoms with van der Waals surface area (Å²) in [5, 5.41) is 2.81. The summed E-state index contributed by atoms with van der Waals surface area (Å²) in [5.74, 6) is 0.387. The molecule has 0 unspecified atom stereocenters. The first-order chi connectivity index (χ1) is 14.4. The molecule has 1 saturated carbocycles. The van der Waals surface area contributed by atoms with Crippen LogP contribution in [0.3, 0.4) is 0 Å². The highest BCUT2D eigenvalue weighted by molar-refractivity contribution is 5.95. The maximum Gasteiger partial charge on any atom is 0.227 e. The number of amides is 1. The first-order valence-electron chi connectivity index (χ1n) is 10.2. The van der Waals surface area contributed by atoms with E-state index < -0.39 is 5.67 Å². The Kier molecular flexibility index (Phi) is 5.54. The third kappa shape index (κ3) is 4.20. The molecule has 0 bridgehead atoms. The average molecular weight is 416 g/mol. The molecule has 0 saturated heterocycles. The fourth-order valence-corrected chi connectivity index (χ4v) is 4.03. The molecule has 4 rings (SSSR count). The number of halogens is 2. The minimum atomic E-state index is -1.37. The van der Waals surface area contributed by atoms with Crippen LogP contribution in [0.2, 0.25) is 0 Å². The molecule has 2 aromatic rings. The van der Waals surface area contributed by atoms with E-state index in [9.17, 15) is 13.6 Å². The van der Waals surface area contributed by atoms with Gasteiger partial charge in [0.1, 0.15) is 28.7 Å². The zero-order valence-corrected chi connectivity index (χ0v) is 17.3. The number of carbonyl (C=O) groups is 1. The smallest absolute Gasteiger partial charge is 0.227 e. The highest BCUT2D eigenvalue weighted by Crippen LogP contribution is 2.45. The molecule has 2 aliphatic rings. The van der Waals surface area contributed by atoms with Gasteiger partial charge in [0, 0.05) is 24.3 Å². The lowest BCUT2D eigenvalue weighted by Crippen LogP contribution is -2.22.